The Balaban J connectivity index is 1.98. The predicted octanol–water partition coefficient (Wildman–Crippen LogP) is 2.39. The monoisotopic (exact) mass is 268 g/mol. The maximum Gasteiger partial charge on any atom is 0.254 e. The second-order valence-corrected chi connectivity index (χ2v) is 5.08. The van der Waals surface area contributed by atoms with Gasteiger partial charge < -0.3 is 9.64 Å². The van der Waals surface area contributed by atoms with Gasteiger partial charge in [-0.25, -0.2) is 0 Å². The third-order valence-electron chi connectivity index (χ3n) is 3.42. The van der Waals surface area contributed by atoms with Gasteiger partial charge in [-0.15, -0.1) is 0 Å². The van der Waals surface area contributed by atoms with Crippen LogP contribution in [0.15, 0.2) is 36.7 Å². The molecule has 1 aliphatic rings. The standard InChI is InChI=1S/C16H16N2O2/c1-18(2)16(19)14-7-13(9-17-10-14)12-4-3-11-5-6-20-15(11)8-12/h3-4,7-10H,5-6H2,1-2H3. The third kappa shape index (κ3) is 2.25. The van der Waals surface area contributed by atoms with E-state index in [1.165, 1.54) is 5.56 Å². The summed E-state index contributed by atoms with van der Waals surface area (Å²) >= 11 is 0. The van der Waals surface area contributed by atoms with E-state index in [1.807, 2.05) is 12.1 Å². The van der Waals surface area contributed by atoms with E-state index >= 15 is 0 Å². The molecule has 0 N–H and O–H groups in total. The highest BCUT2D eigenvalue weighted by Crippen LogP contribution is 2.31. The van der Waals surface area contributed by atoms with Crippen molar-refractivity contribution in [3.05, 3.63) is 47.8 Å². The van der Waals surface area contributed by atoms with Crippen molar-refractivity contribution in [2.24, 2.45) is 0 Å². The number of aromatic nitrogens is 1. The number of carbonyl (C=O) groups excluding carboxylic acids is 1. The minimum atomic E-state index is -0.0447. The zero-order valence-corrected chi connectivity index (χ0v) is 11.6. The van der Waals surface area contributed by atoms with Crippen molar-refractivity contribution in [2.75, 3.05) is 20.7 Å². The number of hydrogen-bond donors (Lipinski definition) is 0. The molecule has 1 amide bonds. The zero-order chi connectivity index (χ0) is 14.1. The second-order valence-electron chi connectivity index (χ2n) is 5.08. The molecule has 0 unspecified atom stereocenters. The molecule has 3 rings (SSSR count). The summed E-state index contributed by atoms with van der Waals surface area (Å²) in [5.74, 6) is 0.892. The van der Waals surface area contributed by atoms with Gasteiger partial charge in [0, 0.05) is 38.5 Å². The number of carbonyl (C=O) groups is 1. The molecule has 4 nitrogen and oxygen atoms in total. The highest BCUT2D eigenvalue weighted by molar-refractivity contribution is 5.94. The maximum absolute atomic E-state index is 12.0. The molecule has 2 heterocycles. The van der Waals surface area contributed by atoms with Gasteiger partial charge in [0.15, 0.2) is 0 Å². The molecule has 0 bridgehead atoms. The van der Waals surface area contributed by atoms with Gasteiger partial charge in [-0.2, -0.15) is 0 Å². The lowest BCUT2D eigenvalue weighted by Crippen LogP contribution is -2.21. The summed E-state index contributed by atoms with van der Waals surface area (Å²) in [7, 11) is 3.47. The van der Waals surface area contributed by atoms with Crippen molar-refractivity contribution in [1.29, 1.82) is 0 Å². The Morgan fingerprint density at radius 3 is 2.85 bits per heavy atom. The van der Waals surface area contributed by atoms with E-state index in [1.54, 1.807) is 31.4 Å². The first-order chi connectivity index (χ1) is 9.65. The van der Waals surface area contributed by atoms with E-state index < -0.39 is 0 Å². The average molecular weight is 268 g/mol. The quantitative estimate of drug-likeness (QED) is 0.840. The van der Waals surface area contributed by atoms with E-state index in [9.17, 15) is 4.79 Å². The number of nitrogens with zero attached hydrogens (tertiary/aromatic N) is 2. The second kappa shape index (κ2) is 4.96. The van der Waals surface area contributed by atoms with Crippen LogP contribution >= 0.6 is 0 Å². The van der Waals surface area contributed by atoms with E-state index in [0.717, 1.165) is 29.9 Å². The van der Waals surface area contributed by atoms with Crippen LogP contribution in [0.2, 0.25) is 0 Å². The van der Waals surface area contributed by atoms with Gasteiger partial charge in [-0.1, -0.05) is 12.1 Å². The molecule has 102 valence electrons. The Hall–Kier alpha value is -2.36. The molecule has 0 saturated carbocycles. The van der Waals surface area contributed by atoms with Crippen molar-refractivity contribution < 1.29 is 9.53 Å². The summed E-state index contributed by atoms with van der Waals surface area (Å²) in [6.45, 7) is 0.746. The van der Waals surface area contributed by atoms with E-state index in [2.05, 4.69) is 17.1 Å². The topological polar surface area (TPSA) is 42.4 Å². The van der Waals surface area contributed by atoms with Crippen LogP contribution in [0.1, 0.15) is 15.9 Å². The summed E-state index contributed by atoms with van der Waals surface area (Å²) in [6.07, 6.45) is 4.33. The Labute approximate surface area is 118 Å². The summed E-state index contributed by atoms with van der Waals surface area (Å²) < 4.78 is 5.58. The first-order valence-corrected chi connectivity index (χ1v) is 6.58. The van der Waals surface area contributed by atoms with E-state index in [4.69, 9.17) is 4.74 Å². The molecule has 20 heavy (non-hydrogen) atoms. The molecule has 0 aliphatic carbocycles. The zero-order valence-electron chi connectivity index (χ0n) is 11.6. The number of amides is 1. The van der Waals surface area contributed by atoms with Crippen LogP contribution < -0.4 is 4.74 Å². The normalized spacial score (nSPS) is 12.7. The van der Waals surface area contributed by atoms with Crippen LogP contribution in [0.4, 0.5) is 0 Å². The van der Waals surface area contributed by atoms with Gasteiger partial charge >= 0.3 is 0 Å². The number of fused-ring (bicyclic) bond motifs is 1. The lowest BCUT2D eigenvalue weighted by molar-refractivity contribution is 0.0827. The smallest absolute Gasteiger partial charge is 0.254 e. The van der Waals surface area contributed by atoms with Crippen molar-refractivity contribution in [1.82, 2.24) is 9.88 Å². The molecule has 0 radical (unpaired) electrons. The molecular weight excluding hydrogens is 252 g/mol. The van der Waals surface area contributed by atoms with Crippen LogP contribution in [0.3, 0.4) is 0 Å². The first-order valence-electron chi connectivity index (χ1n) is 6.58. The fourth-order valence-corrected chi connectivity index (χ4v) is 2.32. The van der Waals surface area contributed by atoms with Crippen molar-refractivity contribution >= 4 is 5.91 Å². The minimum Gasteiger partial charge on any atom is -0.493 e. The average Bonchev–Trinajstić information content (AvgIpc) is 2.93. The van der Waals surface area contributed by atoms with Crippen molar-refractivity contribution in [3.8, 4) is 16.9 Å². The summed E-state index contributed by atoms with van der Waals surface area (Å²) in [4.78, 5) is 17.7. The van der Waals surface area contributed by atoms with Crippen LogP contribution in [0.5, 0.6) is 5.75 Å². The number of ether oxygens (including phenoxy) is 1. The number of pyridine rings is 1. The maximum atomic E-state index is 12.0. The van der Waals surface area contributed by atoms with Gasteiger partial charge in [0.05, 0.1) is 12.2 Å². The number of benzene rings is 1. The van der Waals surface area contributed by atoms with Crippen LogP contribution in [0.25, 0.3) is 11.1 Å². The van der Waals surface area contributed by atoms with Crippen LogP contribution in [0, 0.1) is 0 Å². The molecule has 0 spiro atoms. The SMILES string of the molecule is CN(C)C(=O)c1cncc(-c2ccc3c(c2)OCC3)c1. The van der Waals surface area contributed by atoms with Gasteiger partial charge in [-0.05, 0) is 23.3 Å². The highest BCUT2D eigenvalue weighted by Gasteiger charge is 2.14. The Kier molecular flexibility index (Phi) is 3.14. The lowest BCUT2D eigenvalue weighted by atomic mass is 10.0. The Bertz CT molecular complexity index is 665. The molecule has 1 aromatic heterocycles. The fraction of sp³-hybridized carbons (Fsp3) is 0.250. The minimum absolute atomic E-state index is 0.0447. The molecule has 4 heteroatoms. The summed E-state index contributed by atoms with van der Waals surface area (Å²) in [6, 6.07) is 8.02. The third-order valence-corrected chi connectivity index (χ3v) is 3.42. The van der Waals surface area contributed by atoms with Crippen molar-refractivity contribution in [3.63, 3.8) is 0 Å². The van der Waals surface area contributed by atoms with Crippen LogP contribution in [-0.4, -0.2) is 36.5 Å². The fourth-order valence-electron chi connectivity index (χ4n) is 2.32. The lowest BCUT2D eigenvalue weighted by Gasteiger charge is -2.11. The molecular formula is C16H16N2O2. The molecule has 0 fully saturated rings. The van der Waals surface area contributed by atoms with Gasteiger partial charge in [0.25, 0.3) is 5.91 Å². The molecule has 2 aromatic rings. The van der Waals surface area contributed by atoms with Crippen LogP contribution in [-0.2, 0) is 6.42 Å². The molecule has 0 atom stereocenters. The largest absolute Gasteiger partial charge is 0.493 e. The van der Waals surface area contributed by atoms with Gasteiger partial charge in [-0.3, -0.25) is 9.78 Å². The van der Waals surface area contributed by atoms with Gasteiger partial charge in [0.2, 0.25) is 0 Å². The molecule has 1 aliphatic heterocycles. The summed E-state index contributed by atoms with van der Waals surface area (Å²) in [5.41, 5.74) is 3.78. The van der Waals surface area contributed by atoms with E-state index in [0.29, 0.717) is 5.56 Å². The Morgan fingerprint density at radius 2 is 2.05 bits per heavy atom. The Morgan fingerprint density at radius 1 is 1.20 bits per heavy atom. The van der Waals surface area contributed by atoms with Crippen molar-refractivity contribution in [2.45, 2.75) is 6.42 Å². The molecule has 0 saturated heterocycles. The highest BCUT2D eigenvalue weighted by atomic mass is 16.5. The number of rotatable bonds is 2. The van der Waals surface area contributed by atoms with Gasteiger partial charge in [0.1, 0.15) is 5.75 Å². The number of hydrogen-bond acceptors (Lipinski definition) is 3. The predicted molar refractivity (Wildman–Crippen MR) is 76.9 cm³/mol. The first kappa shape index (κ1) is 12.7. The summed E-state index contributed by atoms with van der Waals surface area (Å²) in [5, 5.41) is 0. The van der Waals surface area contributed by atoms with E-state index in [-0.39, 0.29) is 5.91 Å². The molecule has 1 aromatic carbocycles.